The number of aromatic nitrogens is 4. The molecule has 0 atom stereocenters. The van der Waals surface area contributed by atoms with E-state index in [9.17, 15) is 9.59 Å². The number of amides is 2. The van der Waals surface area contributed by atoms with Gasteiger partial charge >= 0.3 is 6.09 Å². The highest BCUT2D eigenvalue weighted by Crippen LogP contribution is 2.18. The number of nitrogens with one attached hydrogen (secondary N) is 1. The topological polar surface area (TPSA) is 102 Å². The summed E-state index contributed by atoms with van der Waals surface area (Å²) in [5, 5.41) is 11.7. The zero-order valence-corrected chi connectivity index (χ0v) is 15.9. The van der Waals surface area contributed by atoms with Crippen molar-refractivity contribution in [3.63, 3.8) is 0 Å². The van der Waals surface area contributed by atoms with Gasteiger partial charge in [-0.05, 0) is 33.6 Å². The fourth-order valence-corrected chi connectivity index (χ4v) is 3.60. The van der Waals surface area contributed by atoms with E-state index in [1.807, 2.05) is 6.92 Å². The Balaban J connectivity index is 1.60. The van der Waals surface area contributed by atoms with Crippen LogP contribution in [0.1, 0.15) is 40.8 Å². The van der Waals surface area contributed by atoms with Crippen molar-refractivity contribution in [1.82, 2.24) is 30.2 Å². The highest BCUT2D eigenvalue weighted by Gasteiger charge is 2.26. The lowest BCUT2D eigenvalue weighted by Crippen LogP contribution is -2.46. The van der Waals surface area contributed by atoms with Crippen LogP contribution in [0.2, 0.25) is 0 Å². The first-order chi connectivity index (χ1) is 12.5. The van der Waals surface area contributed by atoms with Gasteiger partial charge < -0.3 is 15.0 Å². The van der Waals surface area contributed by atoms with Crippen molar-refractivity contribution in [2.45, 2.75) is 39.7 Å². The summed E-state index contributed by atoms with van der Waals surface area (Å²) in [6.45, 7) is 7.04. The van der Waals surface area contributed by atoms with E-state index in [-0.39, 0.29) is 18.0 Å². The van der Waals surface area contributed by atoms with Crippen LogP contribution >= 0.6 is 11.3 Å². The number of piperidine rings is 1. The lowest BCUT2D eigenvalue weighted by molar-refractivity contribution is 0.0856. The first-order valence-corrected chi connectivity index (χ1v) is 9.39. The molecule has 1 aliphatic heterocycles. The van der Waals surface area contributed by atoms with E-state index in [2.05, 4.69) is 20.6 Å². The van der Waals surface area contributed by atoms with Crippen LogP contribution in [0.3, 0.4) is 0 Å². The number of hydrogen-bond donors (Lipinski definition) is 1. The van der Waals surface area contributed by atoms with Gasteiger partial charge in [0.05, 0.1) is 12.3 Å². The molecule has 3 heterocycles. The Morgan fingerprint density at radius 1 is 1.35 bits per heavy atom. The Hall–Kier alpha value is -2.49. The Morgan fingerprint density at radius 3 is 2.69 bits per heavy atom. The summed E-state index contributed by atoms with van der Waals surface area (Å²) in [5.74, 6) is -0.253. The van der Waals surface area contributed by atoms with Crippen LogP contribution in [0.4, 0.5) is 4.79 Å². The predicted molar refractivity (Wildman–Crippen MR) is 95.6 cm³/mol. The van der Waals surface area contributed by atoms with Crippen molar-refractivity contribution in [2.24, 2.45) is 0 Å². The van der Waals surface area contributed by atoms with Crippen LogP contribution in [-0.2, 0) is 4.74 Å². The fourth-order valence-electron chi connectivity index (χ4n) is 2.84. The molecule has 0 bridgehead atoms. The largest absolute Gasteiger partial charge is 0.450 e. The minimum atomic E-state index is -0.296. The van der Waals surface area contributed by atoms with Gasteiger partial charge in [0.1, 0.15) is 0 Å². The van der Waals surface area contributed by atoms with Crippen LogP contribution in [0.25, 0.3) is 5.13 Å². The number of carbonyl (C=O) groups excluding carboxylic acids is 2. The maximum Gasteiger partial charge on any atom is 0.409 e. The van der Waals surface area contributed by atoms with Crippen molar-refractivity contribution < 1.29 is 14.3 Å². The van der Waals surface area contributed by atoms with Crippen molar-refractivity contribution in [3.05, 3.63) is 22.5 Å². The van der Waals surface area contributed by atoms with Gasteiger partial charge in [-0.3, -0.25) is 4.79 Å². The molecule has 3 rings (SSSR count). The van der Waals surface area contributed by atoms with Crippen LogP contribution < -0.4 is 5.32 Å². The standard InChI is InChI=1S/C16H22N6O3S/c1-4-25-16(24)21-7-5-12(6-8-21)18-14(23)13-11(3)22(20-19-13)15-17-9-10(2)26-15/h9,12H,4-8H2,1-3H3,(H,18,23). The number of rotatable bonds is 4. The molecule has 26 heavy (non-hydrogen) atoms. The van der Waals surface area contributed by atoms with Crippen molar-refractivity contribution >= 4 is 23.3 Å². The highest BCUT2D eigenvalue weighted by molar-refractivity contribution is 7.13. The van der Waals surface area contributed by atoms with E-state index in [1.54, 1.807) is 29.6 Å². The molecule has 2 aromatic heterocycles. The summed E-state index contributed by atoms with van der Waals surface area (Å²) in [5.41, 5.74) is 0.950. The van der Waals surface area contributed by atoms with Crippen LogP contribution in [-0.4, -0.2) is 62.6 Å². The molecule has 0 spiro atoms. The van der Waals surface area contributed by atoms with E-state index < -0.39 is 0 Å². The third-order valence-corrected chi connectivity index (χ3v) is 5.14. The van der Waals surface area contributed by atoms with Crippen molar-refractivity contribution in [2.75, 3.05) is 19.7 Å². The zero-order chi connectivity index (χ0) is 18.7. The quantitative estimate of drug-likeness (QED) is 0.869. The third-order valence-electron chi connectivity index (χ3n) is 4.26. The van der Waals surface area contributed by atoms with Gasteiger partial charge in [-0.1, -0.05) is 5.21 Å². The molecule has 1 N–H and O–H groups in total. The summed E-state index contributed by atoms with van der Waals surface area (Å²) >= 11 is 1.49. The Labute approximate surface area is 155 Å². The Kier molecular flexibility index (Phi) is 5.50. The normalized spacial score (nSPS) is 15.1. The molecule has 1 saturated heterocycles. The highest BCUT2D eigenvalue weighted by atomic mass is 32.1. The maximum absolute atomic E-state index is 12.6. The summed E-state index contributed by atoms with van der Waals surface area (Å²) in [6.07, 6.45) is 2.83. The minimum Gasteiger partial charge on any atom is -0.450 e. The average molecular weight is 378 g/mol. The smallest absolute Gasteiger partial charge is 0.409 e. The first-order valence-electron chi connectivity index (χ1n) is 8.57. The van der Waals surface area contributed by atoms with Crippen LogP contribution in [0.15, 0.2) is 6.20 Å². The molecule has 0 aromatic carbocycles. The molecule has 1 aliphatic rings. The second kappa shape index (κ2) is 7.81. The number of thiazole rings is 1. The molecule has 0 saturated carbocycles. The SMILES string of the molecule is CCOC(=O)N1CCC(NC(=O)c2nnn(-c3ncc(C)s3)c2C)CC1. The number of aryl methyl sites for hydroxylation is 1. The van der Waals surface area contributed by atoms with Crippen LogP contribution in [0.5, 0.6) is 0 Å². The molecule has 0 radical (unpaired) electrons. The Bertz CT molecular complexity index is 794. The van der Waals surface area contributed by atoms with Crippen molar-refractivity contribution in [1.29, 1.82) is 0 Å². The fraction of sp³-hybridized carbons (Fsp3) is 0.562. The molecular weight excluding hydrogens is 356 g/mol. The maximum atomic E-state index is 12.6. The molecule has 140 valence electrons. The summed E-state index contributed by atoms with van der Waals surface area (Å²) < 4.78 is 6.58. The molecule has 2 amide bonds. The second-order valence-electron chi connectivity index (χ2n) is 6.12. The molecule has 9 nitrogen and oxygen atoms in total. The van der Waals surface area contributed by atoms with E-state index >= 15 is 0 Å². The molecule has 10 heteroatoms. The first kappa shape index (κ1) is 18.3. The average Bonchev–Trinajstić information content (AvgIpc) is 3.21. The number of carbonyl (C=O) groups is 2. The third kappa shape index (κ3) is 3.85. The van der Waals surface area contributed by atoms with Gasteiger partial charge in [0.15, 0.2) is 5.69 Å². The van der Waals surface area contributed by atoms with Gasteiger partial charge in [0, 0.05) is 30.2 Å². The number of hydrogen-bond acceptors (Lipinski definition) is 7. The number of nitrogens with zero attached hydrogens (tertiary/aromatic N) is 5. The summed E-state index contributed by atoms with van der Waals surface area (Å²) in [7, 11) is 0. The van der Waals surface area contributed by atoms with Gasteiger partial charge in [-0.2, -0.15) is 4.68 Å². The van der Waals surface area contributed by atoms with Gasteiger partial charge in [0.2, 0.25) is 5.13 Å². The van der Waals surface area contributed by atoms with Crippen LogP contribution in [0, 0.1) is 13.8 Å². The lowest BCUT2D eigenvalue weighted by atomic mass is 10.1. The van der Waals surface area contributed by atoms with Crippen molar-refractivity contribution in [3.8, 4) is 5.13 Å². The van der Waals surface area contributed by atoms with Gasteiger partial charge in [-0.15, -0.1) is 16.4 Å². The lowest BCUT2D eigenvalue weighted by Gasteiger charge is -2.31. The summed E-state index contributed by atoms with van der Waals surface area (Å²) in [6, 6.07) is -0.000154. The number of likely N-dealkylation sites (tertiary alicyclic amines) is 1. The number of ether oxygens (including phenoxy) is 1. The summed E-state index contributed by atoms with van der Waals surface area (Å²) in [4.78, 5) is 31.3. The monoisotopic (exact) mass is 378 g/mol. The zero-order valence-electron chi connectivity index (χ0n) is 15.1. The van der Waals surface area contributed by atoms with Gasteiger partial charge in [0.25, 0.3) is 5.91 Å². The molecular formula is C16H22N6O3S. The van der Waals surface area contributed by atoms with E-state index in [1.165, 1.54) is 11.3 Å². The van der Waals surface area contributed by atoms with E-state index in [4.69, 9.17) is 4.74 Å². The molecule has 1 fully saturated rings. The minimum absolute atomic E-state index is 0.000154. The van der Waals surface area contributed by atoms with Gasteiger partial charge in [-0.25, -0.2) is 9.78 Å². The predicted octanol–water partition coefficient (Wildman–Crippen LogP) is 1.69. The van der Waals surface area contributed by atoms with E-state index in [0.29, 0.717) is 49.1 Å². The Morgan fingerprint density at radius 2 is 2.08 bits per heavy atom. The molecule has 0 aliphatic carbocycles. The van der Waals surface area contributed by atoms with E-state index in [0.717, 1.165) is 4.88 Å². The second-order valence-corrected chi connectivity index (χ2v) is 7.34. The molecule has 2 aromatic rings. The molecule has 0 unspecified atom stereocenters.